The highest BCUT2D eigenvalue weighted by molar-refractivity contribution is 6.39. The number of carbonyl (C=O) groups is 1. The third-order valence-corrected chi connectivity index (χ3v) is 2.43. The average Bonchev–Trinajstić information content (AvgIpc) is 2.36. The lowest BCUT2D eigenvalue weighted by Gasteiger charge is -2.09. The molecule has 0 atom stereocenters. The van der Waals surface area contributed by atoms with E-state index in [1.807, 2.05) is 0 Å². The van der Waals surface area contributed by atoms with Crippen LogP contribution < -0.4 is 10.5 Å². The minimum absolute atomic E-state index is 0.223. The number of nitrogen functional groups attached to an aromatic ring is 1. The Bertz CT molecular complexity index is 460. The third kappa shape index (κ3) is 3.58. The van der Waals surface area contributed by atoms with Crippen LogP contribution in [0.25, 0.3) is 0 Å². The highest BCUT2D eigenvalue weighted by atomic mass is 35.5. The van der Waals surface area contributed by atoms with E-state index in [0.717, 1.165) is 0 Å². The largest absolute Gasteiger partial charge is 0.464 e. The number of carbonyl (C=O) groups excluding carboxylic acids is 1. The number of ether oxygens (including phenoxy) is 2. The molecule has 18 heavy (non-hydrogen) atoms. The number of hydrogen-bond donors (Lipinski definition) is 1. The maximum absolute atomic E-state index is 13.1. The van der Waals surface area contributed by atoms with E-state index in [1.54, 1.807) is 0 Å². The number of hydrogen-bond acceptors (Lipinski definition) is 5. The molecule has 9 heteroatoms. The number of anilines is 1. The second kappa shape index (κ2) is 6.55. The Balaban J connectivity index is 2.71. The van der Waals surface area contributed by atoms with E-state index >= 15 is 0 Å². The van der Waals surface area contributed by atoms with Crippen LogP contribution in [0.1, 0.15) is 0 Å². The van der Waals surface area contributed by atoms with Gasteiger partial charge in [-0.1, -0.05) is 23.2 Å². The fraction of sp³-hybridized carbons (Fsp3) is 0.333. The van der Waals surface area contributed by atoms with Gasteiger partial charge in [-0.3, -0.25) is 0 Å². The SMILES string of the molecule is Nc1c(Cl)c(F)nc(OCC(=O)OCCF)c1Cl. The zero-order valence-corrected chi connectivity index (χ0v) is 10.4. The molecular formula is C9H8Cl2F2N2O3. The number of nitrogens with two attached hydrogens (primary N) is 1. The maximum Gasteiger partial charge on any atom is 0.344 e. The molecule has 5 nitrogen and oxygen atoms in total. The van der Waals surface area contributed by atoms with E-state index in [2.05, 4.69) is 9.72 Å². The average molecular weight is 301 g/mol. The van der Waals surface area contributed by atoms with Crippen molar-refractivity contribution < 1.29 is 23.0 Å². The lowest BCUT2D eigenvalue weighted by Crippen LogP contribution is -2.17. The van der Waals surface area contributed by atoms with Gasteiger partial charge >= 0.3 is 5.97 Å². The van der Waals surface area contributed by atoms with E-state index in [-0.39, 0.29) is 17.3 Å². The molecule has 0 fully saturated rings. The summed E-state index contributed by atoms with van der Waals surface area (Å²) in [6.45, 7) is -1.80. The van der Waals surface area contributed by atoms with Crippen molar-refractivity contribution in [2.24, 2.45) is 0 Å². The minimum Gasteiger partial charge on any atom is -0.464 e. The van der Waals surface area contributed by atoms with Crippen molar-refractivity contribution >= 4 is 34.9 Å². The van der Waals surface area contributed by atoms with Crippen LogP contribution in [0, 0.1) is 5.95 Å². The van der Waals surface area contributed by atoms with Crippen LogP contribution in [0.4, 0.5) is 14.5 Å². The van der Waals surface area contributed by atoms with Crippen molar-refractivity contribution in [3.63, 3.8) is 0 Å². The third-order valence-electron chi connectivity index (χ3n) is 1.71. The van der Waals surface area contributed by atoms with E-state index in [9.17, 15) is 13.6 Å². The van der Waals surface area contributed by atoms with Gasteiger partial charge in [0.05, 0.1) is 5.69 Å². The number of nitrogens with zero attached hydrogens (tertiary/aromatic N) is 1. The Morgan fingerprint density at radius 3 is 2.67 bits per heavy atom. The van der Waals surface area contributed by atoms with Gasteiger partial charge in [-0.2, -0.15) is 9.37 Å². The molecule has 0 spiro atoms. The first kappa shape index (κ1) is 14.7. The van der Waals surface area contributed by atoms with Crippen LogP contribution >= 0.6 is 23.2 Å². The summed E-state index contributed by atoms with van der Waals surface area (Å²) in [5, 5.41) is -0.660. The maximum atomic E-state index is 13.1. The van der Waals surface area contributed by atoms with Gasteiger partial charge in [0.2, 0.25) is 11.8 Å². The topological polar surface area (TPSA) is 74.4 Å². The normalized spacial score (nSPS) is 10.2. The molecule has 0 radical (unpaired) electrons. The summed E-state index contributed by atoms with van der Waals surface area (Å²) in [7, 11) is 0. The molecule has 1 heterocycles. The fourth-order valence-corrected chi connectivity index (χ4v) is 1.30. The van der Waals surface area contributed by atoms with Crippen LogP contribution in [0.2, 0.25) is 10.0 Å². The second-order valence-corrected chi connectivity index (χ2v) is 3.70. The van der Waals surface area contributed by atoms with Crippen molar-refractivity contribution in [2.45, 2.75) is 0 Å². The first-order valence-electron chi connectivity index (χ1n) is 4.61. The molecule has 0 unspecified atom stereocenters. The molecule has 0 amide bonds. The molecule has 100 valence electrons. The predicted molar refractivity (Wildman–Crippen MR) is 61.1 cm³/mol. The van der Waals surface area contributed by atoms with Crippen molar-refractivity contribution in [3.8, 4) is 5.88 Å². The van der Waals surface area contributed by atoms with Crippen LogP contribution in [0.15, 0.2) is 0 Å². The fourth-order valence-electron chi connectivity index (χ4n) is 0.927. The number of pyridine rings is 1. The number of halogens is 4. The molecule has 0 aromatic carbocycles. The van der Waals surface area contributed by atoms with E-state index in [1.165, 1.54) is 0 Å². The molecule has 0 saturated heterocycles. The lowest BCUT2D eigenvalue weighted by molar-refractivity contribution is -0.146. The Morgan fingerprint density at radius 2 is 2.06 bits per heavy atom. The number of alkyl halides is 1. The van der Waals surface area contributed by atoms with Crippen molar-refractivity contribution in [1.29, 1.82) is 0 Å². The molecule has 1 aromatic heterocycles. The first-order valence-corrected chi connectivity index (χ1v) is 5.37. The summed E-state index contributed by atoms with van der Waals surface area (Å²) >= 11 is 11.1. The Morgan fingerprint density at radius 1 is 1.39 bits per heavy atom. The van der Waals surface area contributed by atoms with Gasteiger partial charge in [-0.25, -0.2) is 9.18 Å². The monoisotopic (exact) mass is 300 g/mol. The summed E-state index contributed by atoms with van der Waals surface area (Å²) in [5.41, 5.74) is 5.13. The smallest absolute Gasteiger partial charge is 0.344 e. The number of aromatic nitrogens is 1. The minimum atomic E-state index is -1.08. The van der Waals surface area contributed by atoms with Gasteiger partial charge in [0.15, 0.2) is 6.61 Å². The van der Waals surface area contributed by atoms with E-state index in [0.29, 0.717) is 0 Å². The molecule has 0 saturated carbocycles. The summed E-state index contributed by atoms with van der Waals surface area (Å²) in [6, 6.07) is 0. The molecule has 0 aliphatic heterocycles. The molecule has 0 aliphatic rings. The molecule has 1 rings (SSSR count). The molecule has 2 N–H and O–H groups in total. The summed E-state index contributed by atoms with van der Waals surface area (Å²) < 4.78 is 34.0. The molecule has 1 aromatic rings. The lowest BCUT2D eigenvalue weighted by atomic mass is 10.4. The summed E-state index contributed by atoms with van der Waals surface area (Å²) in [4.78, 5) is 14.3. The number of rotatable bonds is 5. The van der Waals surface area contributed by atoms with Gasteiger partial charge in [-0.05, 0) is 0 Å². The van der Waals surface area contributed by atoms with E-state index < -0.39 is 36.1 Å². The van der Waals surface area contributed by atoms with Crippen molar-refractivity contribution in [3.05, 3.63) is 16.0 Å². The van der Waals surface area contributed by atoms with Crippen LogP contribution in [0.5, 0.6) is 5.88 Å². The molecular weight excluding hydrogens is 293 g/mol. The Hall–Kier alpha value is -1.34. The number of esters is 1. The van der Waals surface area contributed by atoms with Gasteiger partial charge in [-0.15, -0.1) is 0 Å². The Kier molecular flexibility index (Phi) is 5.36. The predicted octanol–water partition coefficient (Wildman–Crippen LogP) is 2.00. The van der Waals surface area contributed by atoms with Gasteiger partial charge in [0, 0.05) is 0 Å². The first-order chi connectivity index (χ1) is 8.47. The van der Waals surface area contributed by atoms with Gasteiger partial charge in [0.25, 0.3) is 0 Å². The standard InChI is InChI=1S/C9H8Cl2F2N2O3/c10-5-7(14)6(11)9(15-8(5)13)18-3-4(16)17-2-1-12/h1-3H2,(H2,14,15). The highest BCUT2D eigenvalue weighted by Crippen LogP contribution is 2.35. The van der Waals surface area contributed by atoms with E-state index in [4.69, 9.17) is 33.7 Å². The second-order valence-electron chi connectivity index (χ2n) is 2.95. The van der Waals surface area contributed by atoms with Crippen molar-refractivity contribution in [2.75, 3.05) is 25.6 Å². The zero-order chi connectivity index (χ0) is 13.7. The van der Waals surface area contributed by atoms with Crippen LogP contribution in [-0.4, -0.2) is 30.8 Å². The molecule has 0 aliphatic carbocycles. The van der Waals surface area contributed by atoms with Crippen LogP contribution in [-0.2, 0) is 9.53 Å². The summed E-state index contributed by atoms with van der Waals surface area (Å²) in [5.74, 6) is -2.32. The summed E-state index contributed by atoms with van der Waals surface area (Å²) in [6.07, 6.45) is 0. The molecule has 0 bridgehead atoms. The highest BCUT2D eigenvalue weighted by Gasteiger charge is 2.17. The zero-order valence-electron chi connectivity index (χ0n) is 8.88. The van der Waals surface area contributed by atoms with Gasteiger partial charge in [0.1, 0.15) is 23.3 Å². The quantitative estimate of drug-likeness (QED) is 0.665. The Labute approximate surface area is 111 Å². The van der Waals surface area contributed by atoms with Crippen molar-refractivity contribution in [1.82, 2.24) is 4.98 Å². The van der Waals surface area contributed by atoms with Crippen LogP contribution in [0.3, 0.4) is 0 Å². The van der Waals surface area contributed by atoms with Gasteiger partial charge < -0.3 is 15.2 Å².